The van der Waals surface area contributed by atoms with E-state index in [1.165, 1.54) is 26.4 Å². The van der Waals surface area contributed by atoms with E-state index >= 15 is 0 Å². The Balaban J connectivity index is 2.27. The number of aliphatic hydroxyl groups is 1. The average molecular weight is 281 g/mol. The lowest BCUT2D eigenvalue weighted by Crippen LogP contribution is -2.40. The van der Waals surface area contributed by atoms with E-state index in [2.05, 4.69) is 25.2 Å². The number of hydrogen-bond acceptors (Lipinski definition) is 7. The summed E-state index contributed by atoms with van der Waals surface area (Å²) in [6.45, 7) is 0.611. The van der Waals surface area contributed by atoms with Crippen LogP contribution < -0.4 is 15.0 Å². The van der Waals surface area contributed by atoms with Gasteiger partial charge in [0.2, 0.25) is 11.9 Å². The van der Waals surface area contributed by atoms with Crippen LogP contribution in [0, 0.1) is 0 Å². The first-order valence-electron chi connectivity index (χ1n) is 7.13. The second kappa shape index (κ2) is 7.23. The van der Waals surface area contributed by atoms with E-state index in [1.54, 1.807) is 7.05 Å². The molecule has 0 aromatic carbocycles. The van der Waals surface area contributed by atoms with Gasteiger partial charge >= 0.3 is 6.01 Å². The molecule has 0 radical (unpaired) electrons. The fourth-order valence-electron chi connectivity index (χ4n) is 2.62. The summed E-state index contributed by atoms with van der Waals surface area (Å²) in [5.41, 5.74) is 0. The second-order valence-electron chi connectivity index (χ2n) is 4.90. The summed E-state index contributed by atoms with van der Waals surface area (Å²) in [6, 6.07) is 0.672. The topological polar surface area (TPSA) is 83.4 Å². The Morgan fingerprint density at radius 2 is 2.00 bits per heavy atom. The number of ether oxygens (including phenoxy) is 1. The van der Waals surface area contributed by atoms with Crippen molar-refractivity contribution < 1.29 is 9.84 Å². The standard InChI is InChI=1S/C13H23N5O2/c1-14-11-15-12(17-13(16-11)20-2)18(8-9-19)10-6-4-3-5-7-10/h10,19H,3-9H2,1-2H3,(H,14,15,16,17). The highest BCUT2D eigenvalue weighted by molar-refractivity contribution is 5.39. The zero-order valence-electron chi connectivity index (χ0n) is 12.2. The number of anilines is 2. The molecule has 7 nitrogen and oxygen atoms in total. The molecule has 20 heavy (non-hydrogen) atoms. The number of methoxy groups -OCH3 is 1. The predicted molar refractivity (Wildman–Crippen MR) is 77.2 cm³/mol. The van der Waals surface area contributed by atoms with Crippen LogP contribution in [0.2, 0.25) is 0 Å². The van der Waals surface area contributed by atoms with Gasteiger partial charge in [0.1, 0.15) is 0 Å². The minimum absolute atomic E-state index is 0.0827. The van der Waals surface area contributed by atoms with Crippen molar-refractivity contribution in [3.8, 4) is 6.01 Å². The van der Waals surface area contributed by atoms with E-state index in [4.69, 9.17) is 4.74 Å². The summed E-state index contributed by atoms with van der Waals surface area (Å²) in [4.78, 5) is 14.9. The van der Waals surface area contributed by atoms with E-state index in [9.17, 15) is 5.11 Å². The summed E-state index contributed by atoms with van der Waals surface area (Å²) in [5.74, 6) is 1.05. The van der Waals surface area contributed by atoms with Gasteiger partial charge in [-0.05, 0) is 12.8 Å². The number of hydrogen-bond donors (Lipinski definition) is 2. The van der Waals surface area contributed by atoms with Gasteiger partial charge in [-0.1, -0.05) is 19.3 Å². The second-order valence-corrected chi connectivity index (χ2v) is 4.90. The van der Waals surface area contributed by atoms with Gasteiger partial charge in [0.15, 0.2) is 0 Å². The molecule has 0 saturated heterocycles. The van der Waals surface area contributed by atoms with Crippen LogP contribution in [0.15, 0.2) is 0 Å². The van der Waals surface area contributed by atoms with Gasteiger partial charge in [0.25, 0.3) is 0 Å². The van der Waals surface area contributed by atoms with Crippen LogP contribution in [0.3, 0.4) is 0 Å². The van der Waals surface area contributed by atoms with Crippen LogP contribution in [0.4, 0.5) is 11.9 Å². The minimum atomic E-state index is 0.0827. The Labute approximate surface area is 119 Å². The first kappa shape index (κ1) is 14.8. The molecule has 1 aromatic heterocycles. The summed E-state index contributed by atoms with van der Waals surface area (Å²) in [7, 11) is 3.30. The lowest BCUT2D eigenvalue weighted by Gasteiger charge is -2.34. The molecule has 7 heteroatoms. The average Bonchev–Trinajstić information content (AvgIpc) is 2.52. The number of nitrogens with zero attached hydrogens (tertiary/aromatic N) is 4. The molecular formula is C13H23N5O2. The molecule has 112 valence electrons. The molecule has 1 aliphatic rings. The zero-order valence-corrected chi connectivity index (χ0v) is 12.2. The van der Waals surface area contributed by atoms with Crippen molar-refractivity contribution in [2.75, 3.05) is 37.5 Å². The van der Waals surface area contributed by atoms with Crippen molar-refractivity contribution in [3.63, 3.8) is 0 Å². The van der Waals surface area contributed by atoms with Crippen LogP contribution >= 0.6 is 0 Å². The van der Waals surface area contributed by atoms with E-state index < -0.39 is 0 Å². The highest BCUT2D eigenvalue weighted by Gasteiger charge is 2.24. The molecule has 0 unspecified atom stereocenters. The van der Waals surface area contributed by atoms with Crippen molar-refractivity contribution >= 4 is 11.9 Å². The Bertz CT molecular complexity index is 401. The summed E-state index contributed by atoms with van der Waals surface area (Å²) in [5, 5.41) is 12.2. The van der Waals surface area contributed by atoms with Gasteiger partial charge in [-0.15, -0.1) is 0 Å². The molecule has 0 spiro atoms. The summed E-state index contributed by atoms with van der Waals surface area (Å²) in [6.07, 6.45) is 5.94. The third-order valence-corrected chi connectivity index (χ3v) is 3.62. The monoisotopic (exact) mass is 281 g/mol. The van der Waals surface area contributed by atoms with Gasteiger partial charge in [-0.2, -0.15) is 15.0 Å². The van der Waals surface area contributed by atoms with Crippen molar-refractivity contribution in [1.29, 1.82) is 0 Å². The molecule has 0 amide bonds. The molecule has 0 aliphatic heterocycles. The number of nitrogens with one attached hydrogen (secondary N) is 1. The van der Waals surface area contributed by atoms with Gasteiger partial charge in [-0.25, -0.2) is 0 Å². The highest BCUT2D eigenvalue weighted by atomic mass is 16.5. The van der Waals surface area contributed by atoms with E-state index in [-0.39, 0.29) is 12.6 Å². The van der Waals surface area contributed by atoms with Crippen LogP contribution in [0.5, 0.6) is 6.01 Å². The van der Waals surface area contributed by atoms with Gasteiger partial charge in [0, 0.05) is 19.6 Å². The number of aromatic nitrogens is 3. The summed E-state index contributed by atoms with van der Waals surface area (Å²) < 4.78 is 5.12. The molecule has 2 rings (SSSR count). The summed E-state index contributed by atoms with van der Waals surface area (Å²) >= 11 is 0. The van der Waals surface area contributed by atoms with E-state index in [0.717, 1.165) is 12.8 Å². The maximum absolute atomic E-state index is 9.32. The van der Waals surface area contributed by atoms with Crippen LogP contribution in [-0.2, 0) is 0 Å². The third kappa shape index (κ3) is 3.47. The number of aliphatic hydroxyl groups excluding tert-OH is 1. The zero-order chi connectivity index (χ0) is 14.4. The fraction of sp³-hybridized carbons (Fsp3) is 0.769. The molecule has 1 fully saturated rings. The fourth-order valence-corrected chi connectivity index (χ4v) is 2.62. The lowest BCUT2D eigenvalue weighted by atomic mass is 9.94. The predicted octanol–water partition coefficient (Wildman–Crippen LogP) is 1.05. The Kier molecular flexibility index (Phi) is 5.34. The molecule has 1 saturated carbocycles. The molecule has 2 N–H and O–H groups in total. The van der Waals surface area contributed by atoms with Crippen LogP contribution in [-0.4, -0.2) is 53.4 Å². The molecule has 0 atom stereocenters. The van der Waals surface area contributed by atoms with Gasteiger partial charge < -0.3 is 20.1 Å². The van der Waals surface area contributed by atoms with Crippen molar-refractivity contribution in [2.24, 2.45) is 0 Å². The van der Waals surface area contributed by atoms with Crippen molar-refractivity contribution in [3.05, 3.63) is 0 Å². The lowest BCUT2D eigenvalue weighted by molar-refractivity contribution is 0.288. The molecule has 1 heterocycles. The Morgan fingerprint density at radius 1 is 1.25 bits per heavy atom. The Morgan fingerprint density at radius 3 is 2.60 bits per heavy atom. The van der Waals surface area contributed by atoms with E-state index in [1.807, 2.05) is 0 Å². The molecular weight excluding hydrogens is 258 g/mol. The first-order valence-corrected chi connectivity index (χ1v) is 7.13. The highest BCUT2D eigenvalue weighted by Crippen LogP contribution is 2.26. The third-order valence-electron chi connectivity index (χ3n) is 3.62. The first-order chi connectivity index (χ1) is 9.78. The van der Waals surface area contributed by atoms with Gasteiger partial charge in [0.05, 0.1) is 13.7 Å². The van der Waals surface area contributed by atoms with E-state index in [0.29, 0.717) is 24.5 Å². The normalized spacial score (nSPS) is 15.9. The minimum Gasteiger partial charge on any atom is -0.467 e. The Hall–Kier alpha value is -1.63. The largest absolute Gasteiger partial charge is 0.467 e. The quantitative estimate of drug-likeness (QED) is 0.806. The van der Waals surface area contributed by atoms with Crippen molar-refractivity contribution in [1.82, 2.24) is 15.0 Å². The number of rotatable bonds is 6. The van der Waals surface area contributed by atoms with Crippen LogP contribution in [0.1, 0.15) is 32.1 Å². The maximum atomic E-state index is 9.32. The van der Waals surface area contributed by atoms with Gasteiger partial charge in [-0.3, -0.25) is 0 Å². The SMILES string of the molecule is CNc1nc(OC)nc(N(CCO)C2CCCCC2)n1. The smallest absolute Gasteiger partial charge is 0.322 e. The molecule has 0 bridgehead atoms. The maximum Gasteiger partial charge on any atom is 0.322 e. The molecule has 1 aliphatic carbocycles. The van der Waals surface area contributed by atoms with Crippen molar-refractivity contribution in [2.45, 2.75) is 38.1 Å². The van der Waals surface area contributed by atoms with Crippen LogP contribution in [0.25, 0.3) is 0 Å². The molecule has 1 aromatic rings.